The van der Waals surface area contributed by atoms with Crippen LogP contribution in [0.5, 0.6) is 11.5 Å². The number of carbonyl (C=O) groups is 2. The van der Waals surface area contributed by atoms with Gasteiger partial charge >= 0.3 is 0 Å². The number of rotatable bonds is 6. The summed E-state index contributed by atoms with van der Waals surface area (Å²) in [5.74, 6) is 1.22. The van der Waals surface area contributed by atoms with Crippen molar-refractivity contribution in [3.63, 3.8) is 0 Å². The number of carbonyl (C=O) groups excluding carboxylic acids is 2. The molecule has 2 heterocycles. The van der Waals surface area contributed by atoms with Gasteiger partial charge in [-0.15, -0.1) is 0 Å². The fraction of sp³-hybridized carbons (Fsp3) is 0.500. The van der Waals surface area contributed by atoms with Crippen molar-refractivity contribution in [2.45, 2.75) is 44.7 Å². The quantitative estimate of drug-likeness (QED) is 0.771. The van der Waals surface area contributed by atoms with Gasteiger partial charge in [0.2, 0.25) is 5.91 Å². The summed E-state index contributed by atoms with van der Waals surface area (Å²) in [5.41, 5.74) is 0.660. The standard InChI is InChI=1S/C24H31N3O4/c1-17(26-12-4-5-13-26)23(29)27-14-10-24(11-15-27)9-8-21(24)25-22(28)18-6-7-19(30-2)20(16-18)31-3/h4-7,12-13,16-17,21H,8-11,14-15H2,1-3H3,(H,25,28). The second-order valence-corrected chi connectivity index (χ2v) is 8.63. The van der Waals surface area contributed by atoms with E-state index in [1.54, 1.807) is 32.4 Å². The molecule has 2 atom stereocenters. The van der Waals surface area contributed by atoms with Crippen LogP contribution in [0.15, 0.2) is 42.7 Å². The summed E-state index contributed by atoms with van der Waals surface area (Å²) >= 11 is 0. The molecule has 4 rings (SSSR count). The number of ether oxygens (including phenoxy) is 2. The highest BCUT2D eigenvalue weighted by Gasteiger charge is 2.49. The molecule has 166 valence electrons. The minimum absolute atomic E-state index is 0.0928. The third kappa shape index (κ3) is 4.01. The minimum Gasteiger partial charge on any atom is -0.493 e. The van der Waals surface area contributed by atoms with Gasteiger partial charge in [-0.05, 0) is 68.4 Å². The van der Waals surface area contributed by atoms with E-state index in [2.05, 4.69) is 5.32 Å². The summed E-state index contributed by atoms with van der Waals surface area (Å²) in [4.78, 5) is 27.7. The van der Waals surface area contributed by atoms with E-state index in [1.165, 1.54) is 0 Å². The topological polar surface area (TPSA) is 72.8 Å². The van der Waals surface area contributed by atoms with Gasteiger partial charge in [-0.2, -0.15) is 0 Å². The van der Waals surface area contributed by atoms with E-state index < -0.39 is 0 Å². The summed E-state index contributed by atoms with van der Waals surface area (Å²) in [6.07, 6.45) is 7.78. The Morgan fingerprint density at radius 3 is 2.32 bits per heavy atom. The second kappa shape index (κ2) is 8.65. The van der Waals surface area contributed by atoms with E-state index in [0.717, 1.165) is 38.8 Å². The maximum absolute atomic E-state index is 12.9. The first kappa shape index (κ1) is 21.3. The molecule has 2 aromatic rings. The SMILES string of the molecule is COc1ccc(C(=O)NC2CCC23CCN(C(=O)C(C)n2cccc2)CC3)cc1OC. The lowest BCUT2D eigenvalue weighted by molar-refractivity contribution is -0.138. The number of methoxy groups -OCH3 is 2. The first-order valence-corrected chi connectivity index (χ1v) is 10.9. The highest BCUT2D eigenvalue weighted by atomic mass is 16.5. The molecule has 2 aliphatic rings. The number of likely N-dealkylation sites (tertiary alicyclic amines) is 1. The van der Waals surface area contributed by atoms with Crippen LogP contribution in [-0.2, 0) is 4.79 Å². The molecule has 1 aromatic heterocycles. The molecule has 1 aliphatic heterocycles. The predicted molar refractivity (Wildman–Crippen MR) is 117 cm³/mol. The highest BCUT2D eigenvalue weighted by molar-refractivity contribution is 5.95. The molecule has 1 saturated carbocycles. The molecule has 0 radical (unpaired) electrons. The van der Waals surface area contributed by atoms with Crippen LogP contribution in [0, 0.1) is 5.41 Å². The first-order valence-electron chi connectivity index (χ1n) is 10.9. The van der Waals surface area contributed by atoms with Crippen molar-refractivity contribution in [3.8, 4) is 11.5 Å². The molecule has 7 nitrogen and oxygen atoms in total. The van der Waals surface area contributed by atoms with Crippen LogP contribution in [0.2, 0.25) is 0 Å². The predicted octanol–water partition coefficient (Wildman–Crippen LogP) is 3.27. The molecule has 31 heavy (non-hydrogen) atoms. The Hall–Kier alpha value is -2.96. The van der Waals surface area contributed by atoms with E-state index in [0.29, 0.717) is 17.1 Å². The summed E-state index contributed by atoms with van der Waals surface area (Å²) in [5, 5.41) is 3.23. The minimum atomic E-state index is -0.189. The van der Waals surface area contributed by atoms with Crippen LogP contribution in [0.3, 0.4) is 0 Å². The van der Waals surface area contributed by atoms with Gasteiger partial charge in [-0.3, -0.25) is 9.59 Å². The van der Waals surface area contributed by atoms with Crippen molar-refractivity contribution in [2.24, 2.45) is 5.41 Å². The first-order chi connectivity index (χ1) is 15.0. The second-order valence-electron chi connectivity index (χ2n) is 8.63. The fourth-order valence-electron chi connectivity index (χ4n) is 4.91. The Morgan fingerprint density at radius 2 is 1.74 bits per heavy atom. The summed E-state index contributed by atoms with van der Waals surface area (Å²) < 4.78 is 12.5. The van der Waals surface area contributed by atoms with E-state index in [1.807, 2.05) is 40.9 Å². The highest BCUT2D eigenvalue weighted by Crippen LogP contribution is 2.49. The molecule has 1 aromatic carbocycles. The van der Waals surface area contributed by atoms with Gasteiger partial charge in [0.05, 0.1) is 14.2 Å². The summed E-state index contributed by atoms with van der Waals surface area (Å²) in [6.45, 7) is 3.43. The lowest BCUT2D eigenvalue weighted by Crippen LogP contribution is -2.59. The number of benzene rings is 1. The van der Waals surface area contributed by atoms with Gasteiger partial charge in [-0.1, -0.05) is 0 Å². The van der Waals surface area contributed by atoms with Crippen molar-refractivity contribution < 1.29 is 19.1 Å². The van der Waals surface area contributed by atoms with Crippen LogP contribution in [-0.4, -0.2) is 54.6 Å². The Bertz CT molecular complexity index is 932. The lowest BCUT2D eigenvalue weighted by atomic mass is 9.59. The van der Waals surface area contributed by atoms with Crippen LogP contribution in [0.1, 0.15) is 49.0 Å². The van der Waals surface area contributed by atoms with E-state index in [9.17, 15) is 9.59 Å². The molecule has 2 amide bonds. The van der Waals surface area contributed by atoms with E-state index in [-0.39, 0.29) is 29.3 Å². The largest absolute Gasteiger partial charge is 0.493 e. The van der Waals surface area contributed by atoms with Crippen molar-refractivity contribution in [1.29, 1.82) is 0 Å². The van der Waals surface area contributed by atoms with Crippen LogP contribution < -0.4 is 14.8 Å². The molecule has 0 bridgehead atoms. The van der Waals surface area contributed by atoms with Crippen molar-refractivity contribution in [3.05, 3.63) is 48.3 Å². The number of amides is 2. The maximum Gasteiger partial charge on any atom is 0.251 e. The molecule has 1 spiro atoms. The van der Waals surface area contributed by atoms with Gasteiger partial charge in [0.25, 0.3) is 5.91 Å². The molecule has 2 fully saturated rings. The third-order valence-corrected chi connectivity index (χ3v) is 7.12. The van der Waals surface area contributed by atoms with Crippen molar-refractivity contribution in [1.82, 2.24) is 14.8 Å². The smallest absolute Gasteiger partial charge is 0.251 e. The third-order valence-electron chi connectivity index (χ3n) is 7.12. The van der Waals surface area contributed by atoms with Crippen LogP contribution >= 0.6 is 0 Å². The van der Waals surface area contributed by atoms with Gasteiger partial charge in [0.15, 0.2) is 11.5 Å². The van der Waals surface area contributed by atoms with Crippen molar-refractivity contribution >= 4 is 11.8 Å². The van der Waals surface area contributed by atoms with Crippen LogP contribution in [0.25, 0.3) is 0 Å². The maximum atomic E-state index is 12.9. The molecular weight excluding hydrogens is 394 g/mol. The number of hydrogen-bond donors (Lipinski definition) is 1. The number of hydrogen-bond acceptors (Lipinski definition) is 4. The summed E-state index contributed by atoms with van der Waals surface area (Å²) in [6, 6.07) is 9.05. The monoisotopic (exact) mass is 425 g/mol. The Labute approximate surface area is 183 Å². The number of nitrogens with one attached hydrogen (secondary N) is 1. The van der Waals surface area contributed by atoms with Gasteiger partial charge in [0.1, 0.15) is 6.04 Å². The molecule has 7 heteroatoms. The van der Waals surface area contributed by atoms with Gasteiger partial charge in [-0.25, -0.2) is 0 Å². The lowest BCUT2D eigenvalue weighted by Gasteiger charge is -2.54. The molecular formula is C24H31N3O4. The molecule has 2 unspecified atom stereocenters. The summed E-state index contributed by atoms with van der Waals surface area (Å²) in [7, 11) is 3.14. The number of aromatic nitrogens is 1. The van der Waals surface area contributed by atoms with E-state index in [4.69, 9.17) is 9.47 Å². The normalized spacial score (nSPS) is 20.6. The zero-order chi connectivity index (χ0) is 22.0. The zero-order valence-corrected chi connectivity index (χ0v) is 18.5. The molecule has 1 saturated heterocycles. The Balaban J connectivity index is 1.35. The Kier molecular flexibility index (Phi) is 5.94. The van der Waals surface area contributed by atoms with Gasteiger partial charge in [0, 0.05) is 37.1 Å². The van der Waals surface area contributed by atoms with Crippen molar-refractivity contribution in [2.75, 3.05) is 27.3 Å². The Morgan fingerprint density at radius 1 is 1.06 bits per heavy atom. The average molecular weight is 426 g/mol. The fourth-order valence-corrected chi connectivity index (χ4v) is 4.91. The average Bonchev–Trinajstić information content (AvgIpc) is 3.35. The van der Waals surface area contributed by atoms with E-state index >= 15 is 0 Å². The molecule has 1 aliphatic carbocycles. The number of piperidine rings is 1. The van der Waals surface area contributed by atoms with Crippen LogP contribution in [0.4, 0.5) is 0 Å². The number of nitrogens with zero attached hydrogens (tertiary/aromatic N) is 2. The van der Waals surface area contributed by atoms with Gasteiger partial charge < -0.3 is 24.3 Å². The molecule has 1 N–H and O–H groups in total. The zero-order valence-electron chi connectivity index (χ0n) is 18.5.